The van der Waals surface area contributed by atoms with Gasteiger partial charge in [-0.25, -0.2) is 4.79 Å². The third-order valence-electron chi connectivity index (χ3n) is 4.43. The number of carboxylic acids is 1. The molecule has 6 nitrogen and oxygen atoms in total. The molecule has 0 unspecified atom stereocenters. The lowest BCUT2D eigenvalue weighted by Crippen LogP contribution is -2.29. The van der Waals surface area contributed by atoms with E-state index in [1.54, 1.807) is 18.2 Å². The van der Waals surface area contributed by atoms with E-state index < -0.39 is 5.97 Å². The highest BCUT2D eigenvalue weighted by Gasteiger charge is 2.31. The Morgan fingerprint density at radius 3 is 2.55 bits per heavy atom. The smallest absolute Gasteiger partial charge is 0.337 e. The maximum absolute atomic E-state index is 12.6. The van der Waals surface area contributed by atoms with Crippen molar-refractivity contribution < 1.29 is 19.5 Å². The van der Waals surface area contributed by atoms with Gasteiger partial charge in [-0.15, -0.1) is 0 Å². The molecule has 158 valence electrons. The minimum atomic E-state index is -1.11. The summed E-state index contributed by atoms with van der Waals surface area (Å²) in [5.74, 6) is -1.61. The van der Waals surface area contributed by atoms with Gasteiger partial charge in [-0.2, -0.15) is 0 Å². The monoisotopic (exact) mass is 452 g/mol. The van der Waals surface area contributed by atoms with Crippen LogP contribution in [0.25, 0.3) is 6.08 Å². The Morgan fingerprint density at radius 2 is 1.81 bits per heavy atom. The minimum absolute atomic E-state index is 0.0292. The molecule has 2 aromatic carbocycles. The Morgan fingerprint density at radius 1 is 1.10 bits per heavy atom. The highest BCUT2D eigenvalue weighted by molar-refractivity contribution is 8.26. The fourth-order valence-electron chi connectivity index (χ4n) is 2.91. The molecule has 31 heavy (non-hydrogen) atoms. The second-order valence-electron chi connectivity index (χ2n) is 6.63. The molecule has 0 aromatic heterocycles. The van der Waals surface area contributed by atoms with Crippen molar-refractivity contribution in [1.82, 2.24) is 4.90 Å². The molecular formula is C23H20N2O4S2. The molecule has 0 bridgehead atoms. The van der Waals surface area contributed by atoms with Crippen LogP contribution in [-0.2, 0) is 9.59 Å². The largest absolute Gasteiger partial charge is 0.478 e. The van der Waals surface area contributed by atoms with Gasteiger partial charge >= 0.3 is 5.97 Å². The topological polar surface area (TPSA) is 86.7 Å². The van der Waals surface area contributed by atoms with Gasteiger partial charge in [0.1, 0.15) is 4.32 Å². The van der Waals surface area contributed by atoms with Gasteiger partial charge in [0.25, 0.3) is 5.91 Å². The van der Waals surface area contributed by atoms with E-state index >= 15 is 0 Å². The van der Waals surface area contributed by atoms with Gasteiger partial charge in [-0.1, -0.05) is 78.6 Å². The number of hydrogen-bond acceptors (Lipinski definition) is 5. The Balaban J connectivity index is 1.51. The quantitative estimate of drug-likeness (QED) is 0.451. The van der Waals surface area contributed by atoms with Gasteiger partial charge in [0, 0.05) is 13.0 Å². The van der Waals surface area contributed by atoms with E-state index in [0.29, 0.717) is 22.2 Å². The highest BCUT2D eigenvalue weighted by Crippen LogP contribution is 2.31. The van der Waals surface area contributed by atoms with Gasteiger partial charge in [-0.3, -0.25) is 14.5 Å². The Labute approximate surface area is 189 Å². The number of amides is 2. The van der Waals surface area contributed by atoms with Gasteiger partial charge in [-0.05, 0) is 30.2 Å². The Bertz CT molecular complexity index is 1060. The number of rotatable bonds is 8. The van der Waals surface area contributed by atoms with Crippen LogP contribution in [0.2, 0.25) is 0 Å². The Kier molecular flexibility index (Phi) is 7.75. The van der Waals surface area contributed by atoms with Gasteiger partial charge in [0.2, 0.25) is 5.91 Å². The van der Waals surface area contributed by atoms with Crippen LogP contribution in [0, 0.1) is 0 Å². The molecule has 2 aromatic rings. The Hall–Kier alpha value is -3.23. The van der Waals surface area contributed by atoms with Gasteiger partial charge < -0.3 is 10.4 Å². The van der Waals surface area contributed by atoms with Crippen molar-refractivity contribution in [1.29, 1.82) is 0 Å². The summed E-state index contributed by atoms with van der Waals surface area (Å²) in [5, 5.41) is 11.8. The number of benzene rings is 2. The zero-order valence-corrected chi connectivity index (χ0v) is 18.1. The predicted molar refractivity (Wildman–Crippen MR) is 127 cm³/mol. The number of carbonyl (C=O) groups is 3. The molecule has 1 fully saturated rings. The third kappa shape index (κ3) is 6.13. The van der Waals surface area contributed by atoms with E-state index in [4.69, 9.17) is 12.2 Å². The summed E-state index contributed by atoms with van der Waals surface area (Å²) >= 11 is 6.54. The van der Waals surface area contributed by atoms with Crippen molar-refractivity contribution in [2.24, 2.45) is 0 Å². The average molecular weight is 453 g/mol. The molecule has 0 atom stereocenters. The fraction of sp³-hybridized carbons (Fsp3) is 0.130. The number of allylic oxidation sites excluding steroid dienone is 2. The van der Waals surface area contributed by atoms with Crippen LogP contribution in [0.1, 0.15) is 28.8 Å². The number of anilines is 1. The van der Waals surface area contributed by atoms with E-state index in [-0.39, 0.29) is 29.5 Å². The van der Waals surface area contributed by atoms with Gasteiger partial charge in [0.15, 0.2) is 0 Å². The second-order valence-corrected chi connectivity index (χ2v) is 8.30. The first kappa shape index (κ1) is 22.5. The molecule has 3 rings (SSSR count). The van der Waals surface area contributed by atoms with Crippen molar-refractivity contribution >= 4 is 57.8 Å². The normalized spacial score (nSPS) is 15.1. The maximum atomic E-state index is 12.6. The summed E-state index contributed by atoms with van der Waals surface area (Å²) in [6.45, 7) is 0.318. The molecule has 1 aliphatic rings. The molecule has 1 saturated heterocycles. The summed E-state index contributed by atoms with van der Waals surface area (Å²) in [4.78, 5) is 38.0. The summed E-state index contributed by atoms with van der Waals surface area (Å²) in [6.07, 6.45) is 6.00. The second kappa shape index (κ2) is 10.7. The molecule has 1 heterocycles. The molecular weight excluding hydrogens is 432 g/mol. The van der Waals surface area contributed by atoms with Crippen LogP contribution in [0.4, 0.5) is 5.69 Å². The highest BCUT2D eigenvalue weighted by atomic mass is 32.2. The first-order chi connectivity index (χ1) is 15.0. The van der Waals surface area contributed by atoms with Crippen LogP contribution in [0.5, 0.6) is 0 Å². The summed E-state index contributed by atoms with van der Waals surface area (Å²) in [7, 11) is 0. The zero-order valence-electron chi connectivity index (χ0n) is 16.5. The standard InChI is InChI=1S/C23H20N2O4S2/c26-20(24-18-12-5-4-11-17(18)22(28)29)14-7-15-25-21(27)19(31-23(25)30)13-6-10-16-8-2-1-3-9-16/h1-6,8-13H,7,14-15H2,(H,24,26)(H,28,29)/b10-6+,19-13-. The molecule has 0 radical (unpaired) electrons. The van der Waals surface area contributed by atoms with Crippen LogP contribution in [-0.4, -0.2) is 38.7 Å². The SMILES string of the molecule is O=C(CCCN1C(=O)/C(=C/C=C/c2ccccc2)SC1=S)Nc1ccccc1C(=O)O. The molecule has 0 spiro atoms. The number of nitrogens with one attached hydrogen (secondary N) is 1. The number of thiocarbonyl (C=S) groups is 1. The summed E-state index contributed by atoms with van der Waals surface area (Å²) < 4.78 is 0.459. The zero-order chi connectivity index (χ0) is 22.2. The van der Waals surface area contributed by atoms with E-state index in [1.165, 1.54) is 28.8 Å². The van der Waals surface area contributed by atoms with Gasteiger partial charge in [0.05, 0.1) is 16.2 Å². The maximum Gasteiger partial charge on any atom is 0.337 e. The fourth-order valence-corrected chi connectivity index (χ4v) is 4.17. The van der Waals surface area contributed by atoms with E-state index in [1.807, 2.05) is 42.5 Å². The lowest BCUT2D eigenvalue weighted by molar-refractivity contribution is -0.122. The van der Waals surface area contributed by atoms with Crippen molar-refractivity contribution in [3.05, 3.63) is 82.8 Å². The third-order valence-corrected chi connectivity index (χ3v) is 5.82. The van der Waals surface area contributed by atoms with Crippen molar-refractivity contribution in [3.63, 3.8) is 0 Å². The molecule has 2 amide bonds. The minimum Gasteiger partial charge on any atom is -0.478 e. The van der Waals surface area contributed by atoms with Crippen LogP contribution in [0.15, 0.2) is 71.7 Å². The molecule has 1 aliphatic heterocycles. The van der Waals surface area contributed by atoms with E-state index in [2.05, 4.69) is 5.32 Å². The number of carbonyl (C=O) groups excluding carboxylic acids is 2. The van der Waals surface area contributed by atoms with Crippen LogP contribution < -0.4 is 5.32 Å². The molecule has 8 heteroatoms. The lowest BCUT2D eigenvalue weighted by Gasteiger charge is -2.14. The number of thioether (sulfide) groups is 1. The molecule has 0 saturated carbocycles. The summed E-state index contributed by atoms with van der Waals surface area (Å²) in [6, 6.07) is 16.0. The number of aromatic carboxylic acids is 1. The number of nitrogens with zero attached hydrogens (tertiary/aromatic N) is 1. The lowest BCUT2D eigenvalue weighted by atomic mass is 10.1. The first-order valence-corrected chi connectivity index (χ1v) is 10.8. The summed E-state index contributed by atoms with van der Waals surface area (Å²) in [5.41, 5.74) is 1.31. The van der Waals surface area contributed by atoms with E-state index in [0.717, 1.165) is 5.56 Å². The number of hydrogen-bond donors (Lipinski definition) is 2. The van der Waals surface area contributed by atoms with Crippen molar-refractivity contribution in [2.75, 3.05) is 11.9 Å². The number of carboxylic acid groups (broad SMARTS) is 1. The van der Waals surface area contributed by atoms with Crippen molar-refractivity contribution in [2.45, 2.75) is 12.8 Å². The predicted octanol–water partition coefficient (Wildman–Crippen LogP) is 4.56. The van der Waals surface area contributed by atoms with Crippen molar-refractivity contribution in [3.8, 4) is 0 Å². The average Bonchev–Trinajstić information content (AvgIpc) is 3.02. The van der Waals surface area contributed by atoms with E-state index in [9.17, 15) is 19.5 Å². The number of para-hydroxylation sites is 1. The molecule has 0 aliphatic carbocycles. The molecule has 2 N–H and O–H groups in total. The van der Waals surface area contributed by atoms with Crippen LogP contribution in [0.3, 0.4) is 0 Å². The first-order valence-electron chi connectivity index (χ1n) is 9.55. The van der Waals surface area contributed by atoms with Crippen LogP contribution >= 0.6 is 24.0 Å².